The van der Waals surface area contributed by atoms with Crippen LogP contribution in [0.2, 0.25) is 0 Å². The van der Waals surface area contributed by atoms with E-state index in [2.05, 4.69) is 11.4 Å². The third-order valence-electron chi connectivity index (χ3n) is 1.94. The molecule has 5 N–H and O–H groups in total. The van der Waals surface area contributed by atoms with Gasteiger partial charge < -0.3 is 11.1 Å². The van der Waals surface area contributed by atoms with Crippen molar-refractivity contribution in [3.05, 3.63) is 22.4 Å². The van der Waals surface area contributed by atoms with Gasteiger partial charge in [-0.05, 0) is 17.9 Å². The van der Waals surface area contributed by atoms with E-state index in [0.717, 1.165) is 6.42 Å². The van der Waals surface area contributed by atoms with E-state index in [0.29, 0.717) is 6.54 Å². The highest BCUT2D eigenvalue weighted by Gasteiger charge is 2.05. The summed E-state index contributed by atoms with van der Waals surface area (Å²) in [5, 5.41) is 19.6. The highest BCUT2D eigenvalue weighted by molar-refractivity contribution is 7.09. The van der Waals surface area contributed by atoms with Gasteiger partial charge in [0, 0.05) is 18.5 Å². The number of hydrogen-bond acceptors (Lipinski definition) is 3. The maximum atomic E-state index is 7.55. The fourth-order valence-corrected chi connectivity index (χ4v) is 1.71. The van der Waals surface area contributed by atoms with Crippen LogP contribution in [-0.2, 0) is 6.42 Å². The molecule has 0 aromatic carbocycles. The Morgan fingerprint density at radius 2 is 2.33 bits per heavy atom. The van der Waals surface area contributed by atoms with Crippen molar-refractivity contribution in [2.75, 3.05) is 13.6 Å². The van der Waals surface area contributed by atoms with E-state index in [1.165, 1.54) is 9.78 Å². The fraction of sp³-hybridized carbons (Fsp3) is 0.333. The zero-order chi connectivity index (χ0) is 11.3. The van der Waals surface area contributed by atoms with Crippen LogP contribution in [-0.4, -0.2) is 30.4 Å². The molecule has 0 aliphatic carbocycles. The predicted octanol–water partition coefficient (Wildman–Crippen LogP) is 0.640. The van der Waals surface area contributed by atoms with E-state index in [9.17, 15) is 0 Å². The highest BCUT2D eigenvalue weighted by atomic mass is 32.1. The van der Waals surface area contributed by atoms with Gasteiger partial charge in [0.1, 0.15) is 0 Å². The van der Waals surface area contributed by atoms with Gasteiger partial charge in [-0.15, -0.1) is 11.3 Å². The van der Waals surface area contributed by atoms with E-state index in [1.54, 1.807) is 18.4 Å². The first-order valence-corrected chi connectivity index (χ1v) is 5.42. The first-order chi connectivity index (χ1) is 7.11. The molecule has 0 spiro atoms. The summed E-state index contributed by atoms with van der Waals surface area (Å²) in [7, 11) is 1.59. The number of nitrogens with one attached hydrogen (secondary N) is 3. The second-order valence-electron chi connectivity index (χ2n) is 3.05. The van der Waals surface area contributed by atoms with Crippen LogP contribution in [0.1, 0.15) is 4.88 Å². The molecule has 0 fully saturated rings. The molecular formula is C9H15N5S. The van der Waals surface area contributed by atoms with Crippen LogP contribution >= 0.6 is 11.3 Å². The minimum atomic E-state index is -0.136. The normalized spacial score (nSPS) is 9.67. The summed E-state index contributed by atoms with van der Waals surface area (Å²) in [6.07, 6.45) is 0.881. The lowest BCUT2D eigenvalue weighted by molar-refractivity contribution is 0.669. The lowest BCUT2D eigenvalue weighted by Gasteiger charge is -2.18. The van der Waals surface area contributed by atoms with Gasteiger partial charge in [0.25, 0.3) is 0 Å². The lowest BCUT2D eigenvalue weighted by Crippen LogP contribution is -2.45. The van der Waals surface area contributed by atoms with Gasteiger partial charge in [0.05, 0.1) is 0 Å². The summed E-state index contributed by atoms with van der Waals surface area (Å²) >= 11 is 1.70. The van der Waals surface area contributed by atoms with Crippen LogP contribution in [0.15, 0.2) is 17.5 Å². The van der Waals surface area contributed by atoms with E-state index >= 15 is 0 Å². The minimum absolute atomic E-state index is 0.136. The predicted molar refractivity (Wildman–Crippen MR) is 63.4 cm³/mol. The number of thiophene rings is 1. The number of nitrogens with two attached hydrogens (primary N) is 1. The quantitative estimate of drug-likeness (QED) is 0.449. The molecule has 82 valence electrons. The van der Waals surface area contributed by atoms with Gasteiger partial charge in [0.15, 0.2) is 11.9 Å². The Labute approximate surface area is 92.9 Å². The molecule has 0 saturated heterocycles. The van der Waals surface area contributed by atoms with Gasteiger partial charge in [-0.25, -0.2) is 0 Å². The molecule has 0 amide bonds. The monoisotopic (exact) mass is 225 g/mol. The average molecular weight is 225 g/mol. The van der Waals surface area contributed by atoms with Crippen LogP contribution < -0.4 is 11.1 Å². The lowest BCUT2D eigenvalue weighted by atomic mass is 10.3. The highest BCUT2D eigenvalue weighted by Crippen LogP contribution is 2.07. The SMILES string of the molecule is CN(C(=N)N)C(=N)NCCc1cccs1. The molecule has 0 bridgehead atoms. The van der Waals surface area contributed by atoms with Crippen LogP contribution in [0.3, 0.4) is 0 Å². The van der Waals surface area contributed by atoms with Gasteiger partial charge in [-0.2, -0.15) is 0 Å². The van der Waals surface area contributed by atoms with Gasteiger partial charge in [-0.1, -0.05) is 6.07 Å². The zero-order valence-electron chi connectivity index (χ0n) is 8.58. The van der Waals surface area contributed by atoms with Crippen molar-refractivity contribution in [1.29, 1.82) is 10.8 Å². The van der Waals surface area contributed by atoms with Gasteiger partial charge in [-0.3, -0.25) is 15.7 Å². The molecule has 5 nitrogen and oxygen atoms in total. The summed E-state index contributed by atoms with van der Waals surface area (Å²) in [5.74, 6) is 0.0164. The maximum Gasteiger partial charge on any atom is 0.197 e. The number of guanidine groups is 2. The molecule has 0 radical (unpaired) electrons. The standard InChI is InChI=1S/C9H15N5S/c1-14(8(10)11)9(12)13-5-4-7-3-2-6-15-7/h2-3,6H,4-5H2,1H3,(H3,10,11)(H2,12,13). The van der Waals surface area contributed by atoms with Crippen LogP contribution in [0.25, 0.3) is 0 Å². The van der Waals surface area contributed by atoms with E-state index < -0.39 is 0 Å². The molecular weight excluding hydrogens is 210 g/mol. The Hall–Kier alpha value is -1.56. The maximum absolute atomic E-state index is 7.55. The Bertz CT molecular complexity index is 332. The molecule has 0 aliphatic heterocycles. The molecule has 15 heavy (non-hydrogen) atoms. The fourth-order valence-electron chi connectivity index (χ4n) is 0.998. The summed E-state index contributed by atoms with van der Waals surface area (Å²) < 4.78 is 0. The third kappa shape index (κ3) is 3.59. The van der Waals surface area contributed by atoms with Crippen molar-refractivity contribution < 1.29 is 0 Å². The summed E-state index contributed by atoms with van der Waals surface area (Å²) in [6.45, 7) is 0.678. The Balaban J connectivity index is 2.26. The van der Waals surface area contributed by atoms with E-state index in [4.69, 9.17) is 16.6 Å². The molecule has 1 aromatic heterocycles. The topological polar surface area (TPSA) is 89.0 Å². The van der Waals surface area contributed by atoms with Crippen molar-refractivity contribution in [3.8, 4) is 0 Å². The molecule has 0 saturated carbocycles. The largest absolute Gasteiger partial charge is 0.370 e. The Morgan fingerprint density at radius 3 is 2.87 bits per heavy atom. The molecule has 1 aromatic rings. The number of hydrogen-bond donors (Lipinski definition) is 4. The smallest absolute Gasteiger partial charge is 0.197 e. The Kier molecular flexibility index (Phi) is 4.11. The van der Waals surface area contributed by atoms with Crippen LogP contribution in [0, 0.1) is 10.8 Å². The molecule has 0 aliphatic rings. The van der Waals surface area contributed by atoms with Gasteiger partial charge >= 0.3 is 0 Å². The Morgan fingerprint density at radius 1 is 1.60 bits per heavy atom. The van der Waals surface area contributed by atoms with Crippen molar-refractivity contribution in [2.24, 2.45) is 5.73 Å². The summed E-state index contributed by atoms with van der Waals surface area (Å²) in [6, 6.07) is 4.07. The zero-order valence-corrected chi connectivity index (χ0v) is 9.40. The molecule has 0 unspecified atom stereocenters. The summed E-state index contributed by atoms with van der Waals surface area (Å²) in [5.41, 5.74) is 5.23. The third-order valence-corrected chi connectivity index (χ3v) is 2.88. The van der Waals surface area contributed by atoms with Crippen molar-refractivity contribution in [1.82, 2.24) is 10.2 Å². The van der Waals surface area contributed by atoms with E-state index in [1.807, 2.05) is 11.4 Å². The molecule has 0 atom stereocenters. The van der Waals surface area contributed by atoms with Crippen LogP contribution in [0.5, 0.6) is 0 Å². The minimum Gasteiger partial charge on any atom is -0.370 e. The number of nitrogens with zero attached hydrogens (tertiary/aromatic N) is 1. The van der Waals surface area contributed by atoms with Crippen molar-refractivity contribution in [3.63, 3.8) is 0 Å². The number of rotatable bonds is 3. The molecule has 1 rings (SSSR count). The van der Waals surface area contributed by atoms with Crippen molar-refractivity contribution >= 4 is 23.3 Å². The van der Waals surface area contributed by atoms with Gasteiger partial charge in [0.2, 0.25) is 0 Å². The van der Waals surface area contributed by atoms with Crippen molar-refractivity contribution in [2.45, 2.75) is 6.42 Å². The second-order valence-corrected chi connectivity index (χ2v) is 4.08. The average Bonchev–Trinajstić information content (AvgIpc) is 2.69. The molecule has 1 heterocycles. The van der Waals surface area contributed by atoms with Crippen LogP contribution in [0.4, 0.5) is 0 Å². The van der Waals surface area contributed by atoms with E-state index in [-0.39, 0.29) is 11.9 Å². The summed E-state index contributed by atoms with van der Waals surface area (Å²) in [4.78, 5) is 2.56. The second kappa shape index (κ2) is 5.35. The molecule has 6 heteroatoms. The first-order valence-electron chi connectivity index (χ1n) is 4.54. The first kappa shape index (κ1) is 11.5.